The number of pyridine rings is 1. The molecule has 146 valence electrons. The number of carbonyl (C=O) groups excluding carboxylic acids is 1. The summed E-state index contributed by atoms with van der Waals surface area (Å²) in [6.45, 7) is 4.84. The number of carboxylic acid groups (broad SMARTS) is 1. The summed E-state index contributed by atoms with van der Waals surface area (Å²) in [5.41, 5.74) is 3.23. The van der Waals surface area contributed by atoms with E-state index in [2.05, 4.69) is 41.6 Å². The quantitative estimate of drug-likeness (QED) is 0.723. The highest BCUT2D eigenvalue weighted by molar-refractivity contribution is 6.04. The molecule has 0 saturated heterocycles. The monoisotopic (exact) mass is 380 g/mol. The number of nitrogens with one attached hydrogen (secondary N) is 2. The lowest BCUT2D eigenvalue weighted by Gasteiger charge is -2.29. The highest BCUT2D eigenvalue weighted by atomic mass is 16.4. The second-order valence-corrected chi connectivity index (χ2v) is 8.02. The average Bonchev–Trinajstić information content (AvgIpc) is 3.12. The van der Waals surface area contributed by atoms with Crippen LogP contribution in [0.1, 0.15) is 44.5 Å². The molecule has 7 nitrogen and oxygen atoms in total. The van der Waals surface area contributed by atoms with Crippen LogP contribution in [0.4, 0.5) is 5.69 Å². The van der Waals surface area contributed by atoms with Gasteiger partial charge in [0.15, 0.2) is 0 Å². The van der Waals surface area contributed by atoms with E-state index < -0.39 is 5.97 Å². The van der Waals surface area contributed by atoms with E-state index in [0.29, 0.717) is 29.3 Å². The summed E-state index contributed by atoms with van der Waals surface area (Å²) in [5.74, 6) is -1.60. The first-order valence-corrected chi connectivity index (χ1v) is 9.35. The molecule has 7 heteroatoms. The number of aromatic nitrogens is 1. The third-order valence-corrected chi connectivity index (χ3v) is 5.10. The molecule has 3 rings (SSSR count). The zero-order valence-electron chi connectivity index (χ0n) is 16.1. The first-order valence-electron chi connectivity index (χ1n) is 9.35. The molecule has 0 spiro atoms. The van der Waals surface area contributed by atoms with Gasteiger partial charge < -0.3 is 15.7 Å². The van der Waals surface area contributed by atoms with Gasteiger partial charge in [-0.25, -0.2) is 0 Å². The molecule has 0 bridgehead atoms. The Balaban J connectivity index is 1.90. The van der Waals surface area contributed by atoms with Crippen LogP contribution >= 0.6 is 0 Å². The first-order chi connectivity index (χ1) is 13.3. The Morgan fingerprint density at radius 1 is 1.43 bits per heavy atom. The largest absolute Gasteiger partial charge is 0.481 e. The standard InChI is InChI=1S/C21H24N4O3/c1-21(2)7-5-14(6-8-21)19-16(4-3-15(24-19)10-18(26)27)25-20(28)17-9-13(11-22)12-23-17/h3-5,9,13,23H,6-8,10,12H2,1-2H3,(H,25,28)(H,26,27). The van der Waals surface area contributed by atoms with Crippen molar-refractivity contribution in [3.8, 4) is 6.07 Å². The van der Waals surface area contributed by atoms with Gasteiger partial charge in [0, 0.05) is 6.54 Å². The lowest BCUT2D eigenvalue weighted by molar-refractivity contribution is -0.136. The molecule has 2 heterocycles. The van der Waals surface area contributed by atoms with Crippen LogP contribution in [-0.2, 0) is 16.0 Å². The number of anilines is 1. The van der Waals surface area contributed by atoms with E-state index in [-0.39, 0.29) is 23.7 Å². The van der Waals surface area contributed by atoms with Gasteiger partial charge in [0.25, 0.3) is 5.91 Å². The molecule has 1 amide bonds. The molecule has 3 N–H and O–H groups in total. The Morgan fingerprint density at radius 3 is 2.82 bits per heavy atom. The molecule has 0 aromatic carbocycles. The minimum absolute atomic E-state index is 0.170. The van der Waals surface area contributed by atoms with Gasteiger partial charge in [-0.1, -0.05) is 19.9 Å². The predicted octanol–water partition coefficient (Wildman–Crippen LogP) is 2.87. The van der Waals surface area contributed by atoms with Crippen LogP contribution in [0.5, 0.6) is 0 Å². The molecule has 0 saturated carbocycles. The van der Waals surface area contributed by atoms with Gasteiger partial charge in [0.2, 0.25) is 0 Å². The van der Waals surface area contributed by atoms with E-state index in [4.69, 9.17) is 10.4 Å². The van der Waals surface area contributed by atoms with Crippen LogP contribution in [0.15, 0.2) is 30.0 Å². The Hall–Kier alpha value is -3.14. The highest BCUT2D eigenvalue weighted by Crippen LogP contribution is 2.39. The van der Waals surface area contributed by atoms with E-state index in [9.17, 15) is 9.59 Å². The number of carboxylic acids is 1. The van der Waals surface area contributed by atoms with Crippen LogP contribution in [-0.4, -0.2) is 28.5 Å². The smallest absolute Gasteiger partial charge is 0.309 e. The normalized spacial score (nSPS) is 20.4. The molecule has 0 radical (unpaired) electrons. The molecule has 1 aliphatic carbocycles. The maximum Gasteiger partial charge on any atom is 0.309 e. The summed E-state index contributed by atoms with van der Waals surface area (Å²) in [7, 11) is 0. The third kappa shape index (κ3) is 4.58. The number of amides is 1. The van der Waals surface area contributed by atoms with E-state index in [1.54, 1.807) is 18.2 Å². The molecule has 2 aliphatic rings. The van der Waals surface area contributed by atoms with Crippen LogP contribution < -0.4 is 10.6 Å². The molecule has 1 unspecified atom stereocenters. The molecule has 28 heavy (non-hydrogen) atoms. The maximum absolute atomic E-state index is 12.6. The summed E-state index contributed by atoms with van der Waals surface area (Å²) < 4.78 is 0. The highest BCUT2D eigenvalue weighted by Gasteiger charge is 2.25. The molecule has 1 aromatic rings. The Morgan fingerprint density at radius 2 is 2.21 bits per heavy atom. The van der Waals surface area contributed by atoms with E-state index in [1.807, 2.05) is 0 Å². The van der Waals surface area contributed by atoms with E-state index >= 15 is 0 Å². The summed E-state index contributed by atoms with van der Waals surface area (Å²) in [5, 5.41) is 23.9. The topological polar surface area (TPSA) is 115 Å². The SMILES string of the molecule is CC1(C)CC=C(c2nc(CC(=O)O)ccc2NC(=O)C2=CC(C#N)CN2)CC1. The number of nitriles is 1. The number of rotatable bonds is 5. The van der Waals surface area contributed by atoms with Crippen molar-refractivity contribution in [2.24, 2.45) is 11.3 Å². The Labute approximate surface area is 164 Å². The van der Waals surface area contributed by atoms with Crippen molar-refractivity contribution in [1.82, 2.24) is 10.3 Å². The average molecular weight is 380 g/mol. The van der Waals surface area contributed by atoms with E-state index in [0.717, 1.165) is 24.8 Å². The van der Waals surface area contributed by atoms with Gasteiger partial charge in [-0.05, 0) is 48.5 Å². The second kappa shape index (κ2) is 7.85. The first kappa shape index (κ1) is 19.6. The summed E-state index contributed by atoms with van der Waals surface area (Å²) in [4.78, 5) is 28.2. The van der Waals surface area contributed by atoms with Gasteiger partial charge in [0.05, 0.1) is 41.2 Å². The molecular weight excluding hydrogens is 356 g/mol. The van der Waals surface area contributed by atoms with Gasteiger partial charge >= 0.3 is 5.97 Å². The van der Waals surface area contributed by atoms with Crippen molar-refractivity contribution in [2.75, 3.05) is 11.9 Å². The van der Waals surface area contributed by atoms with Crippen LogP contribution in [0.3, 0.4) is 0 Å². The Kier molecular flexibility index (Phi) is 5.50. The van der Waals surface area contributed by atoms with Crippen molar-refractivity contribution in [1.29, 1.82) is 5.26 Å². The predicted molar refractivity (Wildman–Crippen MR) is 105 cm³/mol. The second-order valence-electron chi connectivity index (χ2n) is 8.02. The van der Waals surface area contributed by atoms with Crippen molar-refractivity contribution in [3.05, 3.63) is 41.4 Å². The van der Waals surface area contributed by atoms with E-state index in [1.165, 1.54) is 0 Å². The van der Waals surface area contributed by atoms with Gasteiger partial charge in [-0.15, -0.1) is 0 Å². The van der Waals surface area contributed by atoms with Crippen molar-refractivity contribution >= 4 is 23.1 Å². The number of nitrogens with zero attached hydrogens (tertiary/aromatic N) is 2. The maximum atomic E-state index is 12.6. The van der Waals surface area contributed by atoms with Crippen molar-refractivity contribution in [2.45, 2.75) is 39.5 Å². The minimum Gasteiger partial charge on any atom is -0.481 e. The fourth-order valence-corrected chi connectivity index (χ4v) is 3.36. The van der Waals surface area contributed by atoms with Gasteiger partial charge in [-0.2, -0.15) is 5.26 Å². The van der Waals surface area contributed by atoms with Crippen LogP contribution in [0.25, 0.3) is 5.57 Å². The Bertz CT molecular complexity index is 909. The van der Waals surface area contributed by atoms with Crippen molar-refractivity contribution < 1.29 is 14.7 Å². The number of hydrogen-bond acceptors (Lipinski definition) is 5. The number of carbonyl (C=O) groups is 2. The van der Waals surface area contributed by atoms with Crippen LogP contribution in [0, 0.1) is 22.7 Å². The summed E-state index contributed by atoms with van der Waals surface area (Å²) in [6.07, 6.45) is 6.28. The van der Waals surface area contributed by atoms with Crippen molar-refractivity contribution in [3.63, 3.8) is 0 Å². The molecule has 0 fully saturated rings. The van der Waals surface area contributed by atoms with Gasteiger partial charge in [-0.3, -0.25) is 14.6 Å². The number of allylic oxidation sites excluding steroid dienone is 2. The molecule has 1 aromatic heterocycles. The molecule has 1 atom stereocenters. The fourth-order valence-electron chi connectivity index (χ4n) is 3.36. The third-order valence-electron chi connectivity index (χ3n) is 5.10. The number of aliphatic carboxylic acids is 1. The fraction of sp³-hybridized carbons (Fsp3) is 0.429. The lowest BCUT2D eigenvalue weighted by Crippen LogP contribution is -2.24. The zero-order chi connectivity index (χ0) is 20.3. The minimum atomic E-state index is -0.947. The lowest BCUT2D eigenvalue weighted by atomic mass is 9.77. The summed E-state index contributed by atoms with van der Waals surface area (Å²) in [6, 6.07) is 5.44. The molecular formula is C21H24N4O3. The van der Waals surface area contributed by atoms with Gasteiger partial charge in [0.1, 0.15) is 0 Å². The number of hydrogen-bond donors (Lipinski definition) is 3. The zero-order valence-corrected chi connectivity index (χ0v) is 16.1. The molecule has 1 aliphatic heterocycles. The summed E-state index contributed by atoms with van der Waals surface area (Å²) >= 11 is 0. The van der Waals surface area contributed by atoms with Crippen LogP contribution in [0.2, 0.25) is 0 Å².